The fourth-order valence-corrected chi connectivity index (χ4v) is 2.51. The summed E-state index contributed by atoms with van der Waals surface area (Å²) in [4.78, 5) is 11.9. The van der Waals surface area contributed by atoms with Gasteiger partial charge in [-0.1, -0.05) is 56.1 Å². The number of ether oxygens (including phenoxy) is 1. The molecule has 0 unspecified atom stereocenters. The van der Waals surface area contributed by atoms with Crippen molar-refractivity contribution in [3.8, 4) is 0 Å². The third-order valence-corrected chi connectivity index (χ3v) is 4.10. The van der Waals surface area contributed by atoms with E-state index in [0.717, 1.165) is 20.1 Å². The number of carbonyl (C=O) groups is 1. The molecule has 0 aromatic heterocycles. The SMILES string of the molecule is O=C1OC(c2ccc(Br)cc2)=C/C1=C/c1ccc(Br)cc1. The third kappa shape index (κ3) is 3.34. The molecule has 2 nitrogen and oxygen atoms in total. The summed E-state index contributed by atoms with van der Waals surface area (Å²) in [6.45, 7) is 0. The van der Waals surface area contributed by atoms with Gasteiger partial charge in [0.05, 0.1) is 5.57 Å². The van der Waals surface area contributed by atoms with Crippen LogP contribution in [0.1, 0.15) is 11.1 Å². The van der Waals surface area contributed by atoms with Crippen molar-refractivity contribution in [2.24, 2.45) is 0 Å². The lowest BCUT2D eigenvalue weighted by molar-refractivity contribution is -0.130. The van der Waals surface area contributed by atoms with Crippen LogP contribution in [0, 0.1) is 0 Å². The first-order chi connectivity index (χ1) is 10.1. The van der Waals surface area contributed by atoms with Crippen LogP contribution in [0.2, 0.25) is 0 Å². The van der Waals surface area contributed by atoms with Gasteiger partial charge in [-0.25, -0.2) is 4.79 Å². The van der Waals surface area contributed by atoms with Gasteiger partial charge < -0.3 is 4.74 Å². The summed E-state index contributed by atoms with van der Waals surface area (Å²) in [5, 5.41) is 0. The maximum absolute atomic E-state index is 11.9. The van der Waals surface area contributed by atoms with E-state index in [9.17, 15) is 4.79 Å². The van der Waals surface area contributed by atoms with E-state index >= 15 is 0 Å². The summed E-state index contributed by atoms with van der Waals surface area (Å²) < 4.78 is 7.32. The lowest BCUT2D eigenvalue weighted by atomic mass is 10.1. The smallest absolute Gasteiger partial charge is 0.343 e. The van der Waals surface area contributed by atoms with Gasteiger partial charge in [0, 0.05) is 14.5 Å². The standard InChI is InChI=1S/C17H10Br2O2/c18-14-5-1-11(2-6-14)9-13-10-16(21-17(13)20)12-3-7-15(19)8-4-12/h1-10H/b13-9-. The predicted octanol–water partition coefficient (Wildman–Crippen LogP) is 5.19. The maximum Gasteiger partial charge on any atom is 0.343 e. The average Bonchev–Trinajstić information content (AvgIpc) is 2.83. The van der Waals surface area contributed by atoms with Crippen LogP contribution in [-0.4, -0.2) is 5.97 Å². The van der Waals surface area contributed by atoms with Crippen LogP contribution in [0.5, 0.6) is 0 Å². The van der Waals surface area contributed by atoms with E-state index in [0.29, 0.717) is 11.3 Å². The first-order valence-electron chi connectivity index (χ1n) is 6.29. The summed E-state index contributed by atoms with van der Waals surface area (Å²) in [5.41, 5.74) is 2.39. The van der Waals surface area contributed by atoms with Gasteiger partial charge in [-0.2, -0.15) is 0 Å². The van der Waals surface area contributed by atoms with Crippen molar-refractivity contribution < 1.29 is 9.53 Å². The second kappa shape index (κ2) is 6.00. The van der Waals surface area contributed by atoms with E-state index in [4.69, 9.17) is 4.74 Å². The molecule has 0 bridgehead atoms. The van der Waals surface area contributed by atoms with Gasteiger partial charge in [-0.15, -0.1) is 0 Å². The van der Waals surface area contributed by atoms with Crippen LogP contribution in [0.4, 0.5) is 0 Å². The van der Waals surface area contributed by atoms with E-state index in [-0.39, 0.29) is 5.97 Å². The highest BCUT2D eigenvalue weighted by Gasteiger charge is 2.21. The van der Waals surface area contributed by atoms with Gasteiger partial charge in [-0.3, -0.25) is 0 Å². The van der Waals surface area contributed by atoms with Gasteiger partial charge >= 0.3 is 5.97 Å². The molecule has 0 radical (unpaired) electrons. The molecule has 2 aromatic carbocycles. The first-order valence-corrected chi connectivity index (χ1v) is 7.87. The van der Waals surface area contributed by atoms with Crippen molar-refractivity contribution in [3.63, 3.8) is 0 Å². The highest BCUT2D eigenvalue weighted by atomic mass is 79.9. The largest absolute Gasteiger partial charge is 0.422 e. The summed E-state index contributed by atoms with van der Waals surface area (Å²) in [6, 6.07) is 15.4. The van der Waals surface area contributed by atoms with Crippen LogP contribution in [0.25, 0.3) is 11.8 Å². The fourth-order valence-electron chi connectivity index (χ4n) is 1.98. The molecule has 1 aliphatic heterocycles. The summed E-state index contributed by atoms with van der Waals surface area (Å²) in [5.74, 6) is 0.256. The number of hydrogen-bond acceptors (Lipinski definition) is 2. The molecular formula is C17H10Br2O2. The monoisotopic (exact) mass is 404 g/mol. The molecule has 104 valence electrons. The lowest BCUT2D eigenvalue weighted by Crippen LogP contribution is -1.97. The molecular weight excluding hydrogens is 396 g/mol. The predicted molar refractivity (Wildman–Crippen MR) is 90.3 cm³/mol. The van der Waals surface area contributed by atoms with Gasteiger partial charge in [0.1, 0.15) is 5.76 Å². The third-order valence-electron chi connectivity index (χ3n) is 3.05. The molecule has 21 heavy (non-hydrogen) atoms. The summed E-state index contributed by atoms with van der Waals surface area (Å²) in [7, 11) is 0. The first kappa shape index (κ1) is 14.3. The molecule has 1 heterocycles. The minimum atomic E-state index is -0.323. The normalized spacial score (nSPS) is 16.0. The quantitative estimate of drug-likeness (QED) is 0.507. The Hall–Kier alpha value is -1.65. The van der Waals surface area contributed by atoms with Crippen LogP contribution >= 0.6 is 31.9 Å². The summed E-state index contributed by atoms with van der Waals surface area (Å²) >= 11 is 6.77. The summed E-state index contributed by atoms with van der Waals surface area (Å²) in [6.07, 6.45) is 3.59. The Morgan fingerprint density at radius 2 is 1.43 bits per heavy atom. The number of carbonyl (C=O) groups excluding carboxylic acids is 1. The molecule has 0 N–H and O–H groups in total. The Bertz CT molecular complexity index is 741. The molecule has 0 saturated carbocycles. The minimum Gasteiger partial charge on any atom is -0.422 e. The molecule has 0 amide bonds. The number of halogens is 2. The van der Waals surface area contributed by atoms with Crippen LogP contribution in [0.15, 0.2) is 69.1 Å². The minimum absolute atomic E-state index is 0.323. The number of cyclic esters (lactones) is 1. The number of rotatable bonds is 2. The van der Waals surface area contributed by atoms with E-state index in [1.165, 1.54) is 0 Å². The molecule has 0 saturated heterocycles. The zero-order chi connectivity index (χ0) is 14.8. The van der Waals surface area contributed by atoms with E-state index < -0.39 is 0 Å². The van der Waals surface area contributed by atoms with E-state index in [1.807, 2.05) is 54.6 Å². The maximum atomic E-state index is 11.9. The van der Waals surface area contributed by atoms with E-state index in [1.54, 1.807) is 6.08 Å². The van der Waals surface area contributed by atoms with Crippen molar-refractivity contribution in [1.29, 1.82) is 0 Å². The van der Waals surface area contributed by atoms with Crippen LogP contribution in [0.3, 0.4) is 0 Å². The molecule has 3 rings (SSSR count). The fraction of sp³-hybridized carbons (Fsp3) is 0. The Labute approximate surface area is 139 Å². The Morgan fingerprint density at radius 1 is 0.857 bits per heavy atom. The van der Waals surface area contributed by atoms with Gasteiger partial charge in [0.15, 0.2) is 0 Å². The second-order valence-corrected chi connectivity index (χ2v) is 6.39. The van der Waals surface area contributed by atoms with Crippen molar-refractivity contribution in [2.75, 3.05) is 0 Å². The van der Waals surface area contributed by atoms with Gasteiger partial charge in [0.25, 0.3) is 0 Å². The van der Waals surface area contributed by atoms with Gasteiger partial charge in [-0.05, 0) is 42.0 Å². The van der Waals surface area contributed by atoms with Crippen molar-refractivity contribution in [1.82, 2.24) is 0 Å². The van der Waals surface area contributed by atoms with Crippen molar-refractivity contribution in [3.05, 3.63) is 80.3 Å². The number of hydrogen-bond donors (Lipinski definition) is 0. The number of benzene rings is 2. The topological polar surface area (TPSA) is 26.3 Å². The molecule has 0 spiro atoms. The van der Waals surface area contributed by atoms with Crippen molar-refractivity contribution in [2.45, 2.75) is 0 Å². The highest BCUT2D eigenvalue weighted by Crippen LogP contribution is 2.28. The zero-order valence-corrected chi connectivity index (χ0v) is 14.0. The van der Waals surface area contributed by atoms with Crippen LogP contribution in [-0.2, 0) is 9.53 Å². The molecule has 2 aromatic rings. The zero-order valence-electron chi connectivity index (χ0n) is 10.8. The van der Waals surface area contributed by atoms with Crippen molar-refractivity contribution >= 4 is 49.7 Å². The lowest BCUT2D eigenvalue weighted by Gasteiger charge is -2.01. The second-order valence-electron chi connectivity index (χ2n) is 4.56. The molecule has 4 heteroatoms. The molecule has 0 atom stereocenters. The molecule has 0 aliphatic carbocycles. The Kier molecular flexibility index (Phi) is 4.08. The van der Waals surface area contributed by atoms with Gasteiger partial charge in [0.2, 0.25) is 0 Å². The average molecular weight is 406 g/mol. The molecule has 1 aliphatic rings. The van der Waals surface area contributed by atoms with E-state index in [2.05, 4.69) is 31.9 Å². The molecule has 0 fully saturated rings. The highest BCUT2D eigenvalue weighted by molar-refractivity contribution is 9.10. The Balaban J connectivity index is 1.91. The Morgan fingerprint density at radius 3 is 2.05 bits per heavy atom. The number of esters is 1. The van der Waals surface area contributed by atoms with Crippen LogP contribution < -0.4 is 0 Å².